The van der Waals surface area contributed by atoms with Gasteiger partial charge in [0, 0.05) is 6.42 Å². The molecule has 1 aromatic carbocycles. The van der Waals surface area contributed by atoms with Gasteiger partial charge in [0.15, 0.2) is 5.75 Å². The van der Waals surface area contributed by atoms with Crippen molar-refractivity contribution in [2.45, 2.75) is 45.3 Å². The Hall–Kier alpha value is -1.29. The Morgan fingerprint density at radius 3 is 2.32 bits per heavy atom. The van der Waals surface area contributed by atoms with Crippen LogP contribution in [0.15, 0.2) is 18.2 Å². The minimum absolute atomic E-state index is 0.124. The van der Waals surface area contributed by atoms with Gasteiger partial charge in [0.2, 0.25) is 0 Å². The van der Waals surface area contributed by atoms with Gasteiger partial charge in [0.1, 0.15) is 12.0 Å². The number of aldehydes is 1. The van der Waals surface area contributed by atoms with Crippen LogP contribution in [0.4, 0.5) is 0 Å². The zero-order valence-corrected chi connectivity index (χ0v) is 13.7. The molecule has 0 heterocycles. The number of carbonyl (C=O) groups excluding carboxylic acids is 1. The maximum Gasteiger partial charge on any atom is 0.250 e. The highest BCUT2D eigenvalue weighted by molar-refractivity contribution is 6.74. The van der Waals surface area contributed by atoms with Gasteiger partial charge in [0.05, 0.1) is 7.11 Å². The molecule has 0 amide bonds. The Balaban J connectivity index is 3.10. The molecule has 19 heavy (non-hydrogen) atoms. The summed E-state index contributed by atoms with van der Waals surface area (Å²) in [6.07, 6.45) is 1.30. The Labute approximate surface area is 117 Å². The van der Waals surface area contributed by atoms with E-state index in [-0.39, 0.29) is 5.04 Å². The third-order valence-corrected chi connectivity index (χ3v) is 8.06. The number of benzene rings is 1. The lowest BCUT2D eigenvalue weighted by molar-refractivity contribution is -0.107. The van der Waals surface area contributed by atoms with Gasteiger partial charge in [-0.15, -0.1) is 0 Å². The Bertz CT molecular complexity index is 447. The van der Waals surface area contributed by atoms with E-state index in [1.54, 1.807) is 7.11 Å². The molecule has 0 aliphatic rings. The quantitative estimate of drug-likeness (QED) is 0.607. The van der Waals surface area contributed by atoms with Gasteiger partial charge in [-0.05, 0) is 35.8 Å². The first-order chi connectivity index (χ1) is 8.71. The normalized spacial score (nSPS) is 12.1. The fraction of sp³-hybridized carbons (Fsp3) is 0.533. The average Bonchev–Trinajstić information content (AvgIpc) is 2.28. The summed E-state index contributed by atoms with van der Waals surface area (Å²) < 4.78 is 11.6. The second kappa shape index (κ2) is 5.78. The molecule has 0 saturated heterocycles. The Kier molecular flexibility index (Phi) is 4.79. The monoisotopic (exact) mass is 280 g/mol. The molecule has 0 fully saturated rings. The minimum Gasteiger partial charge on any atom is -0.541 e. The molecule has 0 spiro atoms. The predicted octanol–water partition coefficient (Wildman–Crippen LogP) is 3.82. The number of methoxy groups -OCH3 is 1. The van der Waals surface area contributed by atoms with Crippen molar-refractivity contribution in [3.63, 3.8) is 0 Å². The maximum absolute atomic E-state index is 10.6. The third-order valence-electron chi connectivity index (χ3n) is 3.72. The number of hydrogen-bond donors (Lipinski definition) is 0. The van der Waals surface area contributed by atoms with Crippen molar-refractivity contribution in [3.05, 3.63) is 23.8 Å². The van der Waals surface area contributed by atoms with E-state index in [0.717, 1.165) is 23.3 Å². The van der Waals surface area contributed by atoms with Crippen LogP contribution in [0.5, 0.6) is 11.5 Å². The van der Waals surface area contributed by atoms with Crippen molar-refractivity contribution >= 4 is 14.6 Å². The van der Waals surface area contributed by atoms with Gasteiger partial charge in [-0.2, -0.15) is 0 Å². The second-order valence-electron chi connectivity index (χ2n) is 6.22. The fourth-order valence-electron chi connectivity index (χ4n) is 1.45. The zero-order valence-electron chi connectivity index (χ0n) is 12.7. The van der Waals surface area contributed by atoms with E-state index in [2.05, 4.69) is 33.9 Å². The van der Waals surface area contributed by atoms with Crippen LogP contribution in [0, 0.1) is 0 Å². The molecule has 0 bridgehead atoms. The van der Waals surface area contributed by atoms with E-state index in [1.165, 1.54) is 0 Å². The van der Waals surface area contributed by atoms with Crippen molar-refractivity contribution < 1.29 is 14.0 Å². The molecule has 0 aliphatic heterocycles. The van der Waals surface area contributed by atoms with Crippen LogP contribution in [-0.2, 0) is 11.2 Å². The average molecular weight is 280 g/mol. The van der Waals surface area contributed by atoms with Crippen LogP contribution in [0.1, 0.15) is 26.3 Å². The second-order valence-corrected chi connectivity index (χ2v) is 10.9. The van der Waals surface area contributed by atoms with E-state index in [4.69, 9.17) is 9.16 Å². The fourth-order valence-corrected chi connectivity index (χ4v) is 2.47. The van der Waals surface area contributed by atoms with Crippen molar-refractivity contribution in [2.75, 3.05) is 7.11 Å². The Morgan fingerprint density at radius 1 is 1.21 bits per heavy atom. The smallest absolute Gasteiger partial charge is 0.250 e. The first-order valence-corrected chi connectivity index (χ1v) is 9.41. The van der Waals surface area contributed by atoms with Gasteiger partial charge >= 0.3 is 0 Å². The van der Waals surface area contributed by atoms with Crippen LogP contribution in [0.2, 0.25) is 18.1 Å². The van der Waals surface area contributed by atoms with Gasteiger partial charge in [-0.3, -0.25) is 0 Å². The van der Waals surface area contributed by atoms with Crippen molar-refractivity contribution in [2.24, 2.45) is 0 Å². The van der Waals surface area contributed by atoms with Crippen molar-refractivity contribution in [3.8, 4) is 11.5 Å². The van der Waals surface area contributed by atoms with Gasteiger partial charge in [0.25, 0.3) is 8.32 Å². The molecule has 0 N–H and O–H groups in total. The number of ether oxygens (including phenoxy) is 1. The number of carbonyl (C=O) groups is 1. The molecule has 0 atom stereocenters. The summed E-state index contributed by atoms with van der Waals surface area (Å²) in [5.74, 6) is 1.47. The van der Waals surface area contributed by atoms with E-state index in [1.807, 2.05) is 18.2 Å². The first kappa shape index (κ1) is 15.8. The molecule has 0 aliphatic carbocycles. The largest absolute Gasteiger partial charge is 0.541 e. The molecule has 106 valence electrons. The molecule has 0 saturated carbocycles. The van der Waals surface area contributed by atoms with Crippen LogP contribution in [0.25, 0.3) is 0 Å². The molecular formula is C15H24O3Si. The molecule has 4 heteroatoms. The number of hydrogen-bond acceptors (Lipinski definition) is 3. The summed E-state index contributed by atoms with van der Waals surface area (Å²) in [5, 5.41) is 0.124. The molecule has 1 aromatic rings. The lowest BCUT2D eigenvalue weighted by atomic mass is 10.1. The highest BCUT2D eigenvalue weighted by Gasteiger charge is 2.39. The molecule has 3 nitrogen and oxygen atoms in total. The Morgan fingerprint density at radius 2 is 1.84 bits per heavy atom. The minimum atomic E-state index is -1.91. The van der Waals surface area contributed by atoms with E-state index in [9.17, 15) is 4.79 Å². The van der Waals surface area contributed by atoms with Gasteiger partial charge < -0.3 is 14.0 Å². The van der Waals surface area contributed by atoms with Crippen LogP contribution >= 0.6 is 0 Å². The summed E-state index contributed by atoms with van der Waals surface area (Å²) in [5.41, 5.74) is 0.949. The molecule has 0 aromatic heterocycles. The summed E-state index contributed by atoms with van der Waals surface area (Å²) in [6.45, 7) is 11.0. The molecule has 0 unspecified atom stereocenters. The van der Waals surface area contributed by atoms with E-state index >= 15 is 0 Å². The first-order valence-electron chi connectivity index (χ1n) is 6.51. The van der Waals surface area contributed by atoms with Crippen LogP contribution in [0.3, 0.4) is 0 Å². The zero-order chi connectivity index (χ0) is 14.7. The van der Waals surface area contributed by atoms with Crippen LogP contribution in [-0.4, -0.2) is 21.7 Å². The lowest BCUT2D eigenvalue weighted by Crippen LogP contribution is -2.43. The summed E-state index contributed by atoms with van der Waals surface area (Å²) in [7, 11) is -0.275. The van der Waals surface area contributed by atoms with E-state index in [0.29, 0.717) is 6.42 Å². The van der Waals surface area contributed by atoms with Gasteiger partial charge in [-0.25, -0.2) is 0 Å². The summed E-state index contributed by atoms with van der Waals surface area (Å²) in [4.78, 5) is 10.6. The summed E-state index contributed by atoms with van der Waals surface area (Å²) in [6, 6.07) is 5.67. The maximum atomic E-state index is 10.6. The molecule has 1 rings (SSSR count). The highest BCUT2D eigenvalue weighted by atomic mass is 28.4. The lowest BCUT2D eigenvalue weighted by Gasteiger charge is -2.36. The molecular weight excluding hydrogens is 256 g/mol. The SMILES string of the molecule is COc1ccc(CC=O)cc1O[Si](C)(C)C(C)(C)C. The topological polar surface area (TPSA) is 35.5 Å². The van der Waals surface area contributed by atoms with Crippen molar-refractivity contribution in [1.82, 2.24) is 0 Å². The third kappa shape index (κ3) is 3.83. The molecule has 0 radical (unpaired) electrons. The van der Waals surface area contributed by atoms with Crippen LogP contribution < -0.4 is 9.16 Å². The number of rotatable bonds is 5. The van der Waals surface area contributed by atoms with Gasteiger partial charge in [-0.1, -0.05) is 26.8 Å². The highest BCUT2D eigenvalue weighted by Crippen LogP contribution is 2.40. The standard InChI is InChI=1S/C15H24O3Si/c1-15(2,3)19(5,6)18-14-11-12(9-10-16)7-8-13(14)17-4/h7-8,10-11H,9H2,1-6H3. The summed E-state index contributed by atoms with van der Waals surface area (Å²) >= 11 is 0. The predicted molar refractivity (Wildman–Crippen MR) is 80.6 cm³/mol. The van der Waals surface area contributed by atoms with Crippen molar-refractivity contribution in [1.29, 1.82) is 0 Å². The van der Waals surface area contributed by atoms with E-state index < -0.39 is 8.32 Å².